The summed E-state index contributed by atoms with van der Waals surface area (Å²) in [6, 6.07) is 15.1. The van der Waals surface area contributed by atoms with E-state index in [1.165, 1.54) is 17.7 Å². The van der Waals surface area contributed by atoms with Crippen LogP contribution in [0.15, 0.2) is 48.5 Å². The summed E-state index contributed by atoms with van der Waals surface area (Å²) in [5, 5.41) is 7.09. The summed E-state index contributed by atoms with van der Waals surface area (Å²) in [5.41, 5.74) is 3.48. The molecule has 0 aromatic heterocycles. The molecule has 2 N–H and O–H groups in total. The van der Waals surface area contributed by atoms with Gasteiger partial charge < -0.3 is 10.6 Å². The van der Waals surface area contributed by atoms with Gasteiger partial charge in [-0.15, -0.1) is 0 Å². The molecule has 0 aliphatic carbocycles. The van der Waals surface area contributed by atoms with Crippen LogP contribution in [0.25, 0.3) is 0 Å². The molecule has 134 valence electrons. The van der Waals surface area contributed by atoms with Gasteiger partial charge in [-0.2, -0.15) is 11.8 Å². The van der Waals surface area contributed by atoms with E-state index in [-0.39, 0.29) is 5.82 Å². The molecule has 0 saturated carbocycles. The predicted molar refractivity (Wildman–Crippen MR) is 112 cm³/mol. The zero-order chi connectivity index (χ0) is 18.1. The zero-order valence-corrected chi connectivity index (χ0v) is 16.4. The molecule has 0 amide bonds. The molecule has 0 unspecified atom stereocenters. The molecule has 0 heterocycles. The van der Waals surface area contributed by atoms with Crippen LogP contribution < -0.4 is 10.6 Å². The molecule has 2 nitrogen and oxygen atoms in total. The van der Waals surface area contributed by atoms with Crippen molar-refractivity contribution in [1.82, 2.24) is 5.32 Å². The van der Waals surface area contributed by atoms with Crippen molar-refractivity contribution in [1.29, 1.82) is 0 Å². The molecule has 0 atom stereocenters. The molecular formula is C20H25FN2S2. The molecule has 2 rings (SSSR count). The third-order valence-corrected chi connectivity index (χ3v) is 5.13. The highest BCUT2D eigenvalue weighted by Crippen LogP contribution is 2.17. The highest BCUT2D eigenvalue weighted by atomic mass is 32.2. The molecular weight excluding hydrogens is 351 g/mol. The van der Waals surface area contributed by atoms with E-state index in [1.807, 2.05) is 23.9 Å². The summed E-state index contributed by atoms with van der Waals surface area (Å²) in [6.07, 6.45) is 1.03. The first-order valence-electron chi connectivity index (χ1n) is 8.51. The quantitative estimate of drug-likeness (QED) is 0.465. The Morgan fingerprint density at radius 2 is 1.76 bits per heavy atom. The van der Waals surface area contributed by atoms with Gasteiger partial charge in [-0.05, 0) is 65.7 Å². The molecule has 0 bridgehead atoms. The zero-order valence-electron chi connectivity index (χ0n) is 14.7. The lowest BCUT2D eigenvalue weighted by atomic mass is 10.0. The molecule has 0 aliphatic rings. The topological polar surface area (TPSA) is 24.1 Å². The summed E-state index contributed by atoms with van der Waals surface area (Å²) in [5.74, 6) is 2.30. The van der Waals surface area contributed by atoms with Gasteiger partial charge in [0.1, 0.15) is 5.82 Å². The first kappa shape index (κ1) is 19.7. The van der Waals surface area contributed by atoms with Crippen LogP contribution in [-0.2, 0) is 5.75 Å². The van der Waals surface area contributed by atoms with Gasteiger partial charge >= 0.3 is 0 Å². The van der Waals surface area contributed by atoms with Crippen molar-refractivity contribution in [3.05, 3.63) is 65.5 Å². The molecule has 25 heavy (non-hydrogen) atoms. The van der Waals surface area contributed by atoms with Crippen LogP contribution in [0.1, 0.15) is 37.3 Å². The lowest BCUT2D eigenvalue weighted by Crippen LogP contribution is -2.29. The molecule has 0 fully saturated rings. The highest BCUT2D eigenvalue weighted by molar-refractivity contribution is 7.98. The lowest BCUT2D eigenvalue weighted by molar-refractivity contribution is 0.627. The Bertz CT molecular complexity index is 654. The Kier molecular flexibility index (Phi) is 8.22. The molecule has 2 aromatic rings. The van der Waals surface area contributed by atoms with E-state index >= 15 is 0 Å². The Morgan fingerprint density at radius 3 is 2.40 bits per heavy atom. The minimum atomic E-state index is -0.183. The van der Waals surface area contributed by atoms with Gasteiger partial charge in [0.2, 0.25) is 0 Å². The second-order valence-electron chi connectivity index (χ2n) is 6.19. The van der Waals surface area contributed by atoms with Crippen molar-refractivity contribution in [2.45, 2.75) is 31.9 Å². The van der Waals surface area contributed by atoms with Crippen molar-refractivity contribution >= 4 is 34.8 Å². The van der Waals surface area contributed by atoms with E-state index in [1.54, 1.807) is 0 Å². The number of anilines is 1. The van der Waals surface area contributed by atoms with Gasteiger partial charge in [-0.3, -0.25) is 0 Å². The standard InChI is InChI=1S/C20H25FN2S2/c1-15(2)17-6-10-19(11-7-17)23-20(24)22-12-3-13-25-14-16-4-8-18(21)9-5-16/h4-11,15H,3,12-14H2,1-2H3,(H2,22,23,24). The van der Waals surface area contributed by atoms with Gasteiger partial charge in [0, 0.05) is 18.0 Å². The van der Waals surface area contributed by atoms with E-state index in [0.29, 0.717) is 11.0 Å². The monoisotopic (exact) mass is 376 g/mol. The maximum absolute atomic E-state index is 12.8. The number of nitrogens with one attached hydrogen (secondary N) is 2. The second-order valence-corrected chi connectivity index (χ2v) is 7.70. The molecule has 2 aromatic carbocycles. The fourth-order valence-electron chi connectivity index (χ4n) is 2.27. The van der Waals surface area contributed by atoms with Crippen molar-refractivity contribution in [2.24, 2.45) is 0 Å². The summed E-state index contributed by atoms with van der Waals surface area (Å²) >= 11 is 7.17. The first-order valence-corrected chi connectivity index (χ1v) is 10.1. The van der Waals surface area contributed by atoms with E-state index in [4.69, 9.17) is 12.2 Å². The number of rotatable bonds is 8. The van der Waals surface area contributed by atoms with Gasteiger partial charge in [0.05, 0.1) is 0 Å². The van der Waals surface area contributed by atoms with Gasteiger partial charge in [0.15, 0.2) is 5.11 Å². The highest BCUT2D eigenvalue weighted by Gasteiger charge is 2.01. The third-order valence-electron chi connectivity index (χ3n) is 3.77. The maximum atomic E-state index is 12.8. The number of hydrogen-bond donors (Lipinski definition) is 2. The maximum Gasteiger partial charge on any atom is 0.170 e. The smallest absolute Gasteiger partial charge is 0.170 e. The Labute approximate surface area is 159 Å². The number of thiocarbonyl (C=S) groups is 1. The summed E-state index contributed by atoms with van der Waals surface area (Å²) < 4.78 is 12.8. The molecule has 0 saturated heterocycles. The molecule has 0 radical (unpaired) electrons. The Balaban J connectivity index is 1.58. The van der Waals surface area contributed by atoms with E-state index < -0.39 is 0 Å². The molecule has 0 aliphatic heterocycles. The van der Waals surface area contributed by atoms with Crippen LogP contribution in [0.5, 0.6) is 0 Å². The van der Waals surface area contributed by atoms with Gasteiger partial charge in [-0.25, -0.2) is 4.39 Å². The SMILES string of the molecule is CC(C)c1ccc(NC(=S)NCCCSCc2ccc(F)cc2)cc1. The first-order chi connectivity index (χ1) is 12.0. The predicted octanol–water partition coefficient (Wildman–Crippen LogP) is 5.56. The third kappa shape index (κ3) is 7.45. The van der Waals surface area contributed by atoms with Crippen molar-refractivity contribution in [3.63, 3.8) is 0 Å². The normalized spacial score (nSPS) is 10.7. The number of benzene rings is 2. The average Bonchev–Trinajstić information content (AvgIpc) is 2.60. The average molecular weight is 377 g/mol. The fraction of sp³-hybridized carbons (Fsp3) is 0.350. The minimum Gasteiger partial charge on any atom is -0.362 e. The van der Waals surface area contributed by atoms with Crippen molar-refractivity contribution < 1.29 is 4.39 Å². The van der Waals surface area contributed by atoms with Crippen LogP contribution in [0.2, 0.25) is 0 Å². The van der Waals surface area contributed by atoms with Crippen molar-refractivity contribution in [2.75, 3.05) is 17.6 Å². The second kappa shape index (κ2) is 10.4. The van der Waals surface area contributed by atoms with Gasteiger partial charge in [-0.1, -0.05) is 38.1 Å². The fourth-order valence-corrected chi connectivity index (χ4v) is 3.41. The van der Waals surface area contributed by atoms with E-state index in [0.717, 1.165) is 35.7 Å². The lowest BCUT2D eigenvalue weighted by Gasteiger charge is -2.12. The van der Waals surface area contributed by atoms with Crippen LogP contribution in [0.3, 0.4) is 0 Å². The van der Waals surface area contributed by atoms with Crippen LogP contribution in [0, 0.1) is 5.82 Å². The van der Waals surface area contributed by atoms with Crippen LogP contribution in [-0.4, -0.2) is 17.4 Å². The molecule has 0 spiro atoms. The number of thioether (sulfide) groups is 1. The number of halogens is 1. The number of hydrogen-bond acceptors (Lipinski definition) is 2. The van der Waals surface area contributed by atoms with Gasteiger partial charge in [0.25, 0.3) is 0 Å². The molecule has 5 heteroatoms. The summed E-state index contributed by atoms with van der Waals surface area (Å²) in [6.45, 7) is 5.21. The summed E-state index contributed by atoms with van der Waals surface area (Å²) in [4.78, 5) is 0. The Hall–Kier alpha value is -1.59. The van der Waals surface area contributed by atoms with E-state index in [9.17, 15) is 4.39 Å². The largest absolute Gasteiger partial charge is 0.362 e. The van der Waals surface area contributed by atoms with E-state index in [2.05, 4.69) is 48.7 Å². The Morgan fingerprint density at radius 1 is 1.08 bits per heavy atom. The van der Waals surface area contributed by atoms with Crippen molar-refractivity contribution in [3.8, 4) is 0 Å². The van der Waals surface area contributed by atoms with Crippen LogP contribution in [0.4, 0.5) is 10.1 Å². The van der Waals surface area contributed by atoms with Crippen LogP contribution >= 0.6 is 24.0 Å². The minimum absolute atomic E-state index is 0.183. The summed E-state index contributed by atoms with van der Waals surface area (Å²) in [7, 11) is 0.